The molecule has 0 heterocycles. The molecule has 134 valence electrons. The number of carbonyl (C=O) groups is 1. The van der Waals surface area contributed by atoms with E-state index in [1.165, 1.54) is 12.1 Å². The molecule has 0 aliphatic carbocycles. The molecule has 1 aromatic carbocycles. The number of hydrogen-bond acceptors (Lipinski definition) is 3. The lowest BCUT2D eigenvalue weighted by molar-refractivity contribution is -0.115. The molecule has 1 amide bonds. The summed E-state index contributed by atoms with van der Waals surface area (Å²) in [5.74, 6) is 0.402. The van der Waals surface area contributed by atoms with E-state index >= 15 is 0 Å². The fraction of sp³-hybridized carbons (Fsp3) is 0.529. The Balaban J connectivity index is 2.20. The van der Waals surface area contributed by atoms with Crippen LogP contribution in [0.3, 0.4) is 0 Å². The van der Waals surface area contributed by atoms with Crippen LogP contribution in [-0.2, 0) is 9.53 Å². The highest BCUT2D eigenvalue weighted by atomic mass is 19.1. The van der Waals surface area contributed by atoms with Gasteiger partial charge >= 0.3 is 0 Å². The van der Waals surface area contributed by atoms with Crippen molar-refractivity contribution in [2.75, 3.05) is 38.7 Å². The predicted molar refractivity (Wildman–Crippen MR) is 94.7 cm³/mol. The minimum atomic E-state index is -0.391. The van der Waals surface area contributed by atoms with Gasteiger partial charge in [-0.15, -0.1) is 0 Å². The molecule has 0 saturated carbocycles. The third kappa shape index (κ3) is 9.09. The van der Waals surface area contributed by atoms with Crippen molar-refractivity contribution >= 4 is 17.6 Å². The van der Waals surface area contributed by atoms with E-state index < -0.39 is 5.82 Å². The first-order valence-corrected chi connectivity index (χ1v) is 8.09. The normalized spacial score (nSPS) is 11.5. The zero-order valence-electron chi connectivity index (χ0n) is 14.6. The Hall–Kier alpha value is -2.15. The molecule has 0 aliphatic rings. The second-order valence-electron chi connectivity index (χ2n) is 5.73. The third-order valence-electron chi connectivity index (χ3n) is 2.96. The molecule has 0 fully saturated rings. The van der Waals surface area contributed by atoms with Crippen molar-refractivity contribution in [2.45, 2.75) is 20.3 Å². The quantitative estimate of drug-likeness (QED) is 0.366. The van der Waals surface area contributed by atoms with E-state index in [1.54, 1.807) is 19.2 Å². The van der Waals surface area contributed by atoms with Crippen LogP contribution < -0.4 is 16.0 Å². The molecule has 0 radical (unpaired) electrons. The van der Waals surface area contributed by atoms with Crippen molar-refractivity contribution < 1.29 is 13.9 Å². The number of benzene rings is 1. The highest BCUT2D eigenvalue weighted by molar-refractivity contribution is 5.94. The lowest BCUT2D eigenvalue weighted by Crippen LogP contribution is -2.41. The fourth-order valence-electron chi connectivity index (χ4n) is 1.86. The Kier molecular flexibility index (Phi) is 9.45. The molecule has 0 atom stereocenters. The zero-order chi connectivity index (χ0) is 17.8. The maximum atomic E-state index is 13.1. The molecule has 1 rings (SSSR count). The summed E-state index contributed by atoms with van der Waals surface area (Å²) in [5, 5.41) is 8.62. The lowest BCUT2D eigenvalue weighted by Gasteiger charge is -2.12. The maximum absolute atomic E-state index is 13.1. The Morgan fingerprint density at radius 2 is 2.12 bits per heavy atom. The van der Waals surface area contributed by atoms with Crippen molar-refractivity contribution in [3.63, 3.8) is 0 Å². The van der Waals surface area contributed by atoms with Crippen LogP contribution in [0.15, 0.2) is 29.3 Å². The van der Waals surface area contributed by atoms with Crippen molar-refractivity contribution in [3.05, 3.63) is 30.1 Å². The van der Waals surface area contributed by atoms with Gasteiger partial charge in [0.25, 0.3) is 0 Å². The SMILES string of the molecule is CN=C(NCCCOCC(C)C)NCC(=O)Nc1cccc(F)c1. The molecular weight excluding hydrogens is 311 g/mol. The van der Waals surface area contributed by atoms with Gasteiger partial charge in [-0.05, 0) is 30.5 Å². The Morgan fingerprint density at radius 3 is 2.79 bits per heavy atom. The number of amides is 1. The van der Waals surface area contributed by atoms with Crippen molar-refractivity contribution in [3.8, 4) is 0 Å². The number of rotatable bonds is 9. The number of ether oxygens (including phenoxy) is 1. The summed E-state index contributed by atoms with van der Waals surface area (Å²) in [5.41, 5.74) is 0.423. The van der Waals surface area contributed by atoms with E-state index in [0.717, 1.165) is 13.0 Å². The van der Waals surface area contributed by atoms with Crippen LogP contribution in [0.5, 0.6) is 0 Å². The van der Waals surface area contributed by atoms with E-state index in [4.69, 9.17) is 4.74 Å². The van der Waals surface area contributed by atoms with Crippen molar-refractivity contribution in [1.82, 2.24) is 10.6 Å². The van der Waals surface area contributed by atoms with Crippen molar-refractivity contribution in [1.29, 1.82) is 0 Å². The van der Waals surface area contributed by atoms with Gasteiger partial charge in [-0.1, -0.05) is 19.9 Å². The van der Waals surface area contributed by atoms with Crippen LogP contribution in [-0.4, -0.2) is 45.2 Å². The smallest absolute Gasteiger partial charge is 0.243 e. The van der Waals surface area contributed by atoms with E-state index in [2.05, 4.69) is 34.8 Å². The van der Waals surface area contributed by atoms with Crippen LogP contribution >= 0.6 is 0 Å². The predicted octanol–water partition coefficient (Wildman–Crippen LogP) is 1.99. The molecule has 0 aromatic heterocycles. The Labute approximate surface area is 142 Å². The van der Waals surface area contributed by atoms with E-state index in [9.17, 15) is 9.18 Å². The van der Waals surface area contributed by atoms with Crippen LogP contribution in [0.4, 0.5) is 10.1 Å². The van der Waals surface area contributed by atoms with Gasteiger partial charge in [0.2, 0.25) is 5.91 Å². The molecule has 0 unspecified atom stereocenters. The van der Waals surface area contributed by atoms with Crippen LogP contribution in [0.1, 0.15) is 20.3 Å². The zero-order valence-corrected chi connectivity index (χ0v) is 14.6. The minimum absolute atomic E-state index is 0.0417. The average molecular weight is 338 g/mol. The van der Waals surface area contributed by atoms with Gasteiger partial charge in [0, 0.05) is 32.5 Å². The highest BCUT2D eigenvalue weighted by Gasteiger charge is 2.05. The van der Waals surface area contributed by atoms with Crippen LogP contribution in [0, 0.1) is 11.7 Å². The molecule has 6 nitrogen and oxygen atoms in total. The van der Waals surface area contributed by atoms with Crippen LogP contribution in [0.2, 0.25) is 0 Å². The molecule has 0 saturated heterocycles. The van der Waals surface area contributed by atoms with Gasteiger partial charge < -0.3 is 20.7 Å². The second kappa shape index (κ2) is 11.4. The van der Waals surface area contributed by atoms with Gasteiger partial charge in [-0.2, -0.15) is 0 Å². The summed E-state index contributed by atoms with van der Waals surface area (Å²) in [7, 11) is 1.63. The lowest BCUT2D eigenvalue weighted by atomic mass is 10.2. The summed E-state index contributed by atoms with van der Waals surface area (Å²) in [6, 6.07) is 5.76. The monoisotopic (exact) mass is 338 g/mol. The molecule has 1 aromatic rings. The summed E-state index contributed by atoms with van der Waals surface area (Å²) in [4.78, 5) is 15.9. The van der Waals surface area contributed by atoms with Gasteiger partial charge in [-0.3, -0.25) is 9.79 Å². The summed E-state index contributed by atoms with van der Waals surface area (Å²) < 4.78 is 18.5. The molecular formula is C17H27FN4O2. The molecule has 3 N–H and O–H groups in total. The minimum Gasteiger partial charge on any atom is -0.381 e. The van der Waals surface area contributed by atoms with E-state index in [0.29, 0.717) is 30.7 Å². The first kappa shape index (κ1) is 19.9. The molecule has 7 heteroatoms. The number of aliphatic imine (C=N–C) groups is 1. The molecule has 24 heavy (non-hydrogen) atoms. The summed E-state index contributed by atoms with van der Waals surface area (Å²) in [6.45, 7) is 6.40. The number of carbonyl (C=O) groups excluding carboxylic acids is 1. The van der Waals surface area contributed by atoms with Gasteiger partial charge in [0.05, 0.1) is 6.54 Å². The van der Waals surface area contributed by atoms with E-state index in [1.807, 2.05) is 0 Å². The third-order valence-corrected chi connectivity index (χ3v) is 2.96. The Morgan fingerprint density at radius 1 is 1.33 bits per heavy atom. The topological polar surface area (TPSA) is 74.8 Å². The largest absolute Gasteiger partial charge is 0.381 e. The molecule has 0 spiro atoms. The number of nitrogens with zero attached hydrogens (tertiary/aromatic N) is 1. The average Bonchev–Trinajstić information content (AvgIpc) is 2.53. The first-order valence-electron chi connectivity index (χ1n) is 8.09. The summed E-state index contributed by atoms with van der Waals surface area (Å²) >= 11 is 0. The highest BCUT2D eigenvalue weighted by Crippen LogP contribution is 2.08. The molecule has 0 aliphatic heterocycles. The van der Waals surface area contributed by atoms with E-state index in [-0.39, 0.29) is 12.5 Å². The number of guanidine groups is 1. The second-order valence-corrected chi connectivity index (χ2v) is 5.73. The van der Waals surface area contributed by atoms with Gasteiger partial charge in [0.15, 0.2) is 5.96 Å². The number of halogens is 1. The number of hydrogen-bond donors (Lipinski definition) is 3. The summed E-state index contributed by atoms with van der Waals surface area (Å²) in [6.07, 6.45) is 0.850. The number of anilines is 1. The Bertz CT molecular complexity index is 535. The fourth-order valence-corrected chi connectivity index (χ4v) is 1.86. The first-order chi connectivity index (χ1) is 11.5. The number of nitrogens with one attached hydrogen (secondary N) is 3. The van der Waals surface area contributed by atoms with Gasteiger partial charge in [0.1, 0.15) is 5.82 Å². The van der Waals surface area contributed by atoms with Gasteiger partial charge in [-0.25, -0.2) is 4.39 Å². The van der Waals surface area contributed by atoms with Crippen LogP contribution in [0.25, 0.3) is 0 Å². The maximum Gasteiger partial charge on any atom is 0.243 e. The van der Waals surface area contributed by atoms with Crippen molar-refractivity contribution in [2.24, 2.45) is 10.9 Å². The standard InChI is InChI=1S/C17H27FN4O2/c1-13(2)12-24-9-5-8-20-17(19-3)21-11-16(23)22-15-7-4-6-14(18)10-15/h4,6-7,10,13H,5,8-9,11-12H2,1-3H3,(H,22,23)(H2,19,20,21). The molecule has 0 bridgehead atoms.